The molecule has 0 aliphatic carbocycles. The molecule has 4 nitrogen and oxygen atoms in total. The summed E-state index contributed by atoms with van der Waals surface area (Å²) in [7, 11) is 0. The fourth-order valence-electron chi connectivity index (χ4n) is 2.05. The predicted molar refractivity (Wildman–Crippen MR) is 77.5 cm³/mol. The van der Waals surface area contributed by atoms with Crippen molar-refractivity contribution in [3.8, 4) is 0 Å². The maximum atomic E-state index is 11.8. The number of hydrogen-bond acceptors (Lipinski definition) is 3. The van der Waals surface area contributed by atoms with Crippen LogP contribution in [0.4, 0.5) is 0 Å². The monoisotopic (exact) mass is 257 g/mol. The molecule has 0 fully saturated rings. The summed E-state index contributed by atoms with van der Waals surface area (Å²) in [6.45, 7) is 12.2. The Hall–Kier alpha value is -0.610. The largest absolute Gasteiger partial charge is 0.353 e. The van der Waals surface area contributed by atoms with Crippen LogP contribution in [0.5, 0.6) is 0 Å². The molecule has 0 bridgehead atoms. The van der Waals surface area contributed by atoms with Crippen molar-refractivity contribution in [3.63, 3.8) is 0 Å². The van der Waals surface area contributed by atoms with E-state index in [0.29, 0.717) is 6.54 Å². The van der Waals surface area contributed by atoms with Crippen LogP contribution in [0.1, 0.15) is 47.0 Å². The molecule has 0 spiro atoms. The molecule has 108 valence electrons. The molecule has 0 saturated heterocycles. The Bertz CT molecular complexity index is 213. The third-order valence-corrected chi connectivity index (χ3v) is 3.54. The zero-order valence-electron chi connectivity index (χ0n) is 12.5. The Labute approximate surface area is 112 Å². The van der Waals surface area contributed by atoms with Crippen molar-refractivity contribution in [2.24, 2.45) is 11.7 Å². The molecule has 0 aliphatic rings. The first kappa shape index (κ1) is 17.4. The third-order valence-electron chi connectivity index (χ3n) is 3.54. The average Bonchev–Trinajstić information content (AvgIpc) is 2.36. The minimum atomic E-state index is -0.0322. The molecule has 0 aromatic rings. The van der Waals surface area contributed by atoms with E-state index in [1.165, 1.54) is 0 Å². The highest BCUT2D eigenvalue weighted by Crippen LogP contribution is 2.04. The summed E-state index contributed by atoms with van der Waals surface area (Å²) in [6, 6.07) is 0.244. The predicted octanol–water partition coefficient (Wildman–Crippen LogP) is 1.60. The van der Waals surface area contributed by atoms with Crippen molar-refractivity contribution in [2.45, 2.75) is 53.0 Å². The highest BCUT2D eigenvalue weighted by atomic mass is 16.1. The summed E-state index contributed by atoms with van der Waals surface area (Å²) in [5, 5.41) is 3.05. The number of nitrogens with one attached hydrogen (secondary N) is 1. The average molecular weight is 257 g/mol. The molecule has 0 aromatic carbocycles. The highest BCUT2D eigenvalue weighted by Gasteiger charge is 2.16. The molecular weight excluding hydrogens is 226 g/mol. The summed E-state index contributed by atoms with van der Waals surface area (Å²) in [4.78, 5) is 14.2. The van der Waals surface area contributed by atoms with E-state index in [0.717, 1.165) is 38.9 Å². The van der Waals surface area contributed by atoms with Crippen LogP contribution in [-0.2, 0) is 4.79 Å². The van der Waals surface area contributed by atoms with Crippen molar-refractivity contribution in [2.75, 3.05) is 26.2 Å². The van der Waals surface area contributed by atoms with Crippen molar-refractivity contribution >= 4 is 5.91 Å². The van der Waals surface area contributed by atoms with Gasteiger partial charge in [0.15, 0.2) is 0 Å². The summed E-state index contributed by atoms with van der Waals surface area (Å²) < 4.78 is 0. The lowest BCUT2D eigenvalue weighted by molar-refractivity contribution is -0.125. The van der Waals surface area contributed by atoms with Crippen LogP contribution in [0.2, 0.25) is 0 Å². The molecule has 2 unspecified atom stereocenters. The summed E-state index contributed by atoms with van der Waals surface area (Å²) in [5.41, 5.74) is 5.57. The second-order valence-electron chi connectivity index (χ2n) is 4.92. The van der Waals surface area contributed by atoms with Crippen LogP contribution in [0.15, 0.2) is 0 Å². The molecule has 18 heavy (non-hydrogen) atoms. The molecule has 0 aliphatic heterocycles. The van der Waals surface area contributed by atoms with Crippen molar-refractivity contribution in [1.29, 1.82) is 0 Å². The number of carbonyl (C=O) groups is 1. The van der Waals surface area contributed by atoms with E-state index in [2.05, 4.69) is 31.0 Å². The van der Waals surface area contributed by atoms with Crippen LogP contribution in [0, 0.1) is 5.92 Å². The lowest BCUT2D eigenvalue weighted by Gasteiger charge is -2.21. The standard InChI is InChI=1S/C14H31N3O/c1-5-13(11-15)14(18)16-12(4)9-8-10-17(6-2)7-3/h12-13H,5-11,15H2,1-4H3,(H,16,18). The maximum absolute atomic E-state index is 11.8. The molecule has 3 N–H and O–H groups in total. The van der Waals surface area contributed by atoms with Crippen molar-refractivity contribution in [3.05, 3.63) is 0 Å². The molecule has 4 heteroatoms. The van der Waals surface area contributed by atoms with Gasteiger partial charge in [0.2, 0.25) is 5.91 Å². The number of rotatable bonds is 10. The van der Waals surface area contributed by atoms with Crippen LogP contribution in [-0.4, -0.2) is 43.0 Å². The first-order valence-electron chi connectivity index (χ1n) is 7.31. The molecule has 0 heterocycles. The van der Waals surface area contributed by atoms with Crippen molar-refractivity contribution < 1.29 is 4.79 Å². The fraction of sp³-hybridized carbons (Fsp3) is 0.929. The van der Waals surface area contributed by atoms with E-state index in [9.17, 15) is 4.79 Å². The Morgan fingerprint density at radius 3 is 2.33 bits per heavy atom. The van der Waals surface area contributed by atoms with Gasteiger partial charge in [-0.2, -0.15) is 0 Å². The van der Waals surface area contributed by atoms with Gasteiger partial charge in [-0.15, -0.1) is 0 Å². The van der Waals surface area contributed by atoms with Gasteiger partial charge in [0.05, 0.1) is 0 Å². The van der Waals surface area contributed by atoms with Crippen LogP contribution in [0.3, 0.4) is 0 Å². The Morgan fingerprint density at radius 1 is 1.28 bits per heavy atom. The first-order chi connectivity index (χ1) is 8.58. The minimum Gasteiger partial charge on any atom is -0.353 e. The highest BCUT2D eigenvalue weighted by molar-refractivity contribution is 5.79. The van der Waals surface area contributed by atoms with Gasteiger partial charge in [-0.3, -0.25) is 4.79 Å². The van der Waals surface area contributed by atoms with Crippen LogP contribution < -0.4 is 11.1 Å². The van der Waals surface area contributed by atoms with Crippen LogP contribution >= 0.6 is 0 Å². The molecular formula is C14H31N3O. The molecule has 0 aromatic heterocycles. The van der Waals surface area contributed by atoms with E-state index < -0.39 is 0 Å². The number of amides is 1. The van der Waals surface area contributed by atoms with E-state index in [1.54, 1.807) is 0 Å². The number of nitrogens with zero attached hydrogens (tertiary/aromatic N) is 1. The Morgan fingerprint density at radius 2 is 1.89 bits per heavy atom. The second kappa shape index (κ2) is 10.3. The zero-order valence-corrected chi connectivity index (χ0v) is 12.5. The number of carbonyl (C=O) groups excluding carboxylic acids is 1. The van der Waals surface area contributed by atoms with Gasteiger partial charge < -0.3 is 16.0 Å². The van der Waals surface area contributed by atoms with Crippen LogP contribution in [0.25, 0.3) is 0 Å². The Kier molecular flexibility index (Phi) is 9.98. The number of hydrogen-bond donors (Lipinski definition) is 2. The van der Waals surface area contributed by atoms with E-state index >= 15 is 0 Å². The summed E-state index contributed by atoms with van der Waals surface area (Å²) >= 11 is 0. The summed E-state index contributed by atoms with van der Waals surface area (Å²) in [6.07, 6.45) is 2.97. The van der Waals surface area contributed by atoms with Gasteiger partial charge in [0, 0.05) is 18.5 Å². The second-order valence-corrected chi connectivity index (χ2v) is 4.92. The molecule has 0 radical (unpaired) electrons. The van der Waals surface area contributed by atoms with Gasteiger partial charge in [-0.05, 0) is 45.8 Å². The molecule has 2 atom stereocenters. The van der Waals surface area contributed by atoms with Gasteiger partial charge in [-0.25, -0.2) is 0 Å². The van der Waals surface area contributed by atoms with Gasteiger partial charge in [0.1, 0.15) is 0 Å². The van der Waals surface area contributed by atoms with Gasteiger partial charge >= 0.3 is 0 Å². The third kappa shape index (κ3) is 6.97. The quantitative estimate of drug-likeness (QED) is 0.625. The molecule has 0 rings (SSSR count). The van der Waals surface area contributed by atoms with Gasteiger partial charge in [0.25, 0.3) is 0 Å². The topological polar surface area (TPSA) is 58.4 Å². The summed E-state index contributed by atoms with van der Waals surface area (Å²) in [5.74, 6) is 0.0746. The van der Waals surface area contributed by atoms with E-state index in [4.69, 9.17) is 5.73 Å². The SMILES string of the molecule is CCC(CN)C(=O)NC(C)CCCN(CC)CC. The van der Waals surface area contributed by atoms with E-state index in [1.807, 2.05) is 6.92 Å². The normalized spacial score (nSPS) is 14.6. The minimum absolute atomic E-state index is 0.0322. The zero-order chi connectivity index (χ0) is 14.0. The van der Waals surface area contributed by atoms with E-state index in [-0.39, 0.29) is 17.9 Å². The molecule has 0 saturated carbocycles. The first-order valence-corrected chi connectivity index (χ1v) is 7.31. The number of nitrogens with two attached hydrogens (primary N) is 1. The molecule has 1 amide bonds. The van der Waals surface area contributed by atoms with Crippen molar-refractivity contribution in [1.82, 2.24) is 10.2 Å². The lowest BCUT2D eigenvalue weighted by atomic mass is 10.1. The fourth-order valence-corrected chi connectivity index (χ4v) is 2.05. The lowest BCUT2D eigenvalue weighted by Crippen LogP contribution is -2.40. The Balaban J connectivity index is 3.83. The smallest absolute Gasteiger partial charge is 0.224 e. The van der Waals surface area contributed by atoms with Gasteiger partial charge in [-0.1, -0.05) is 20.8 Å². The maximum Gasteiger partial charge on any atom is 0.224 e.